The first-order chi connectivity index (χ1) is 7.18. The van der Waals surface area contributed by atoms with Gasteiger partial charge in [0.1, 0.15) is 5.82 Å². The molecule has 2 heterocycles. The highest BCUT2D eigenvalue weighted by Gasteiger charge is 2.18. The number of halogens is 1. The average Bonchev–Trinajstić information content (AvgIpc) is 2.24. The molecular formula is C12H17IN2. The maximum atomic E-state index is 4.51. The Morgan fingerprint density at radius 2 is 2.07 bits per heavy atom. The molecule has 1 aromatic rings. The lowest BCUT2D eigenvalue weighted by atomic mass is 9.99. The van der Waals surface area contributed by atoms with E-state index in [1.54, 1.807) is 0 Å². The van der Waals surface area contributed by atoms with E-state index in [1.165, 1.54) is 27.8 Å². The summed E-state index contributed by atoms with van der Waals surface area (Å²) in [6.45, 7) is 6.83. The molecule has 82 valence electrons. The molecule has 0 saturated carbocycles. The number of aromatic nitrogens is 1. The van der Waals surface area contributed by atoms with Crippen molar-refractivity contribution in [2.45, 2.75) is 26.7 Å². The molecule has 1 aliphatic heterocycles. The normalized spacial score (nSPS) is 18.2. The smallest absolute Gasteiger partial charge is 0.132 e. The molecule has 15 heavy (non-hydrogen) atoms. The van der Waals surface area contributed by atoms with Crippen molar-refractivity contribution in [3.63, 3.8) is 0 Å². The summed E-state index contributed by atoms with van der Waals surface area (Å²) in [5, 5.41) is 0. The summed E-state index contributed by atoms with van der Waals surface area (Å²) in [5.41, 5.74) is 1.33. The summed E-state index contributed by atoms with van der Waals surface area (Å²) in [6, 6.07) is 2.08. The van der Waals surface area contributed by atoms with E-state index in [2.05, 4.69) is 52.4 Å². The largest absolute Gasteiger partial charge is 0.356 e. The Labute approximate surface area is 105 Å². The minimum Gasteiger partial charge on any atom is -0.356 e. The van der Waals surface area contributed by atoms with E-state index in [-0.39, 0.29) is 0 Å². The molecule has 1 saturated heterocycles. The fourth-order valence-corrected chi connectivity index (χ4v) is 2.44. The van der Waals surface area contributed by atoms with E-state index in [1.807, 2.05) is 6.20 Å². The zero-order valence-electron chi connectivity index (χ0n) is 9.33. The zero-order valence-corrected chi connectivity index (χ0v) is 11.5. The van der Waals surface area contributed by atoms with E-state index >= 15 is 0 Å². The summed E-state index contributed by atoms with van der Waals surface area (Å²) >= 11 is 2.38. The van der Waals surface area contributed by atoms with Gasteiger partial charge >= 0.3 is 0 Å². The first kappa shape index (κ1) is 11.2. The van der Waals surface area contributed by atoms with E-state index in [4.69, 9.17) is 0 Å². The molecule has 0 aliphatic carbocycles. The standard InChI is InChI=1S/C12H17IN2/c1-9-4-7-15(8-5-9)12-10(2)11(13)3-6-14-12/h3,6,9H,4-5,7-8H2,1-2H3. The molecule has 0 spiro atoms. The summed E-state index contributed by atoms with van der Waals surface area (Å²) in [6.07, 6.45) is 4.52. The molecule has 0 unspecified atom stereocenters. The van der Waals surface area contributed by atoms with Crippen LogP contribution >= 0.6 is 22.6 Å². The second kappa shape index (κ2) is 4.68. The third-order valence-corrected chi connectivity index (χ3v) is 4.36. The fraction of sp³-hybridized carbons (Fsp3) is 0.583. The van der Waals surface area contributed by atoms with Crippen LogP contribution < -0.4 is 4.90 Å². The highest BCUT2D eigenvalue weighted by molar-refractivity contribution is 14.1. The van der Waals surface area contributed by atoms with Crippen molar-refractivity contribution in [1.82, 2.24) is 4.98 Å². The van der Waals surface area contributed by atoms with Crippen molar-refractivity contribution in [2.75, 3.05) is 18.0 Å². The first-order valence-corrected chi connectivity index (χ1v) is 6.62. The number of nitrogens with zero attached hydrogens (tertiary/aromatic N) is 2. The summed E-state index contributed by atoms with van der Waals surface area (Å²) in [4.78, 5) is 6.94. The van der Waals surface area contributed by atoms with Gasteiger partial charge in [0.25, 0.3) is 0 Å². The van der Waals surface area contributed by atoms with Gasteiger partial charge in [0.05, 0.1) is 0 Å². The van der Waals surface area contributed by atoms with E-state index in [0.717, 1.165) is 19.0 Å². The van der Waals surface area contributed by atoms with Gasteiger partial charge in [-0.1, -0.05) is 6.92 Å². The van der Waals surface area contributed by atoms with Crippen LogP contribution in [0.15, 0.2) is 12.3 Å². The first-order valence-electron chi connectivity index (χ1n) is 5.54. The highest BCUT2D eigenvalue weighted by atomic mass is 127. The molecule has 0 atom stereocenters. The molecule has 3 heteroatoms. The van der Waals surface area contributed by atoms with E-state index in [0.29, 0.717) is 0 Å². The quantitative estimate of drug-likeness (QED) is 0.740. The maximum absolute atomic E-state index is 4.51. The minimum absolute atomic E-state index is 0.879. The van der Waals surface area contributed by atoms with Crippen LogP contribution in [-0.2, 0) is 0 Å². The van der Waals surface area contributed by atoms with Crippen molar-refractivity contribution in [2.24, 2.45) is 5.92 Å². The van der Waals surface area contributed by atoms with Crippen LogP contribution in [0.1, 0.15) is 25.3 Å². The van der Waals surface area contributed by atoms with Crippen LogP contribution in [0.4, 0.5) is 5.82 Å². The van der Waals surface area contributed by atoms with Gasteiger partial charge < -0.3 is 4.90 Å². The van der Waals surface area contributed by atoms with Gasteiger partial charge in [0.15, 0.2) is 0 Å². The Bertz CT molecular complexity index is 343. The molecular weight excluding hydrogens is 299 g/mol. The Balaban J connectivity index is 2.19. The highest BCUT2D eigenvalue weighted by Crippen LogP contribution is 2.26. The Hall–Kier alpha value is -0.320. The zero-order chi connectivity index (χ0) is 10.8. The van der Waals surface area contributed by atoms with Gasteiger partial charge in [0, 0.05) is 28.4 Å². The fourth-order valence-electron chi connectivity index (χ4n) is 2.04. The van der Waals surface area contributed by atoms with Crippen LogP contribution in [0.2, 0.25) is 0 Å². The number of hydrogen-bond donors (Lipinski definition) is 0. The monoisotopic (exact) mass is 316 g/mol. The molecule has 0 radical (unpaired) electrons. The van der Waals surface area contributed by atoms with Crippen LogP contribution in [0.3, 0.4) is 0 Å². The van der Waals surface area contributed by atoms with Crippen LogP contribution in [0, 0.1) is 16.4 Å². The number of rotatable bonds is 1. The molecule has 0 aromatic carbocycles. The lowest BCUT2D eigenvalue weighted by Gasteiger charge is -2.32. The maximum Gasteiger partial charge on any atom is 0.132 e. The van der Waals surface area contributed by atoms with E-state index < -0.39 is 0 Å². The number of hydrogen-bond acceptors (Lipinski definition) is 2. The lowest BCUT2D eigenvalue weighted by molar-refractivity contribution is 0.436. The SMILES string of the molecule is Cc1c(I)ccnc1N1CCC(C)CC1. The van der Waals surface area contributed by atoms with Crippen LogP contribution in [0.5, 0.6) is 0 Å². The lowest BCUT2D eigenvalue weighted by Crippen LogP contribution is -2.34. The van der Waals surface area contributed by atoms with Gasteiger partial charge in [-0.3, -0.25) is 0 Å². The molecule has 1 aliphatic rings. The summed E-state index contributed by atoms with van der Waals surface area (Å²) in [5.74, 6) is 2.07. The van der Waals surface area contributed by atoms with Crippen LogP contribution in [-0.4, -0.2) is 18.1 Å². The molecule has 1 aromatic heterocycles. The third kappa shape index (κ3) is 2.44. The Morgan fingerprint density at radius 1 is 1.40 bits per heavy atom. The number of pyridine rings is 1. The van der Waals surface area contributed by atoms with Crippen molar-refractivity contribution in [3.8, 4) is 0 Å². The van der Waals surface area contributed by atoms with Crippen molar-refractivity contribution in [3.05, 3.63) is 21.4 Å². The second-order valence-corrected chi connectivity index (χ2v) is 5.57. The number of piperidine rings is 1. The molecule has 1 fully saturated rings. The van der Waals surface area contributed by atoms with Crippen molar-refractivity contribution >= 4 is 28.4 Å². The van der Waals surface area contributed by atoms with Gasteiger partial charge in [-0.05, 0) is 54.3 Å². The molecule has 0 amide bonds. The van der Waals surface area contributed by atoms with Gasteiger partial charge in [-0.15, -0.1) is 0 Å². The Kier molecular flexibility index (Phi) is 3.49. The Morgan fingerprint density at radius 3 is 2.73 bits per heavy atom. The molecule has 0 bridgehead atoms. The predicted octanol–water partition coefficient (Wildman–Crippen LogP) is 3.23. The number of anilines is 1. The predicted molar refractivity (Wildman–Crippen MR) is 72.3 cm³/mol. The van der Waals surface area contributed by atoms with Gasteiger partial charge in [0.2, 0.25) is 0 Å². The molecule has 2 rings (SSSR count). The summed E-state index contributed by atoms with van der Waals surface area (Å²) in [7, 11) is 0. The molecule has 0 N–H and O–H groups in total. The second-order valence-electron chi connectivity index (χ2n) is 4.41. The van der Waals surface area contributed by atoms with Crippen LogP contribution in [0.25, 0.3) is 0 Å². The molecule has 2 nitrogen and oxygen atoms in total. The van der Waals surface area contributed by atoms with Crippen molar-refractivity contribution in [1.29, 1.82) is 0 Å². The van der Waals surface area contributed by atoms with E-state index in [9.17, 15) is 0 Å². The third-order valence-electron chi connectivity index (χ3n) is 3.19. The van der Waals surface area contributed by atoms with Gasteiger partial charge in [-0.2, -0.15) is 0 Å². The topological polar surface area (TPSA) is 16.1 Å². The van der Waals surface area contributed by atoms with Gasteiger partial charge in [-0.25, -0.2) is 4.98 Å². The summed E-state index contributed by atoms with van der Waals surface area (Å²) < 4.78 is 1.32. The minimum atomic E-state index is 0.879. The average molecular weight is 316 g/mol. The van der Waals surface area contributed by atoms with Crippen molar-refractivity contribution < 1.29 is 0 Å².